The Morgan fingerprint density at radius 3 is 2.75 bits per heavy atom. The van der Waals surface area contributed by atoms with E-state index in [0.717, 1.165) is 31.4 Å². The normalized spacial score (nSPS) is 15.7. The third-order valence-corrected chi connectivity index (χ3v) is 3.87. The highest BCUT2D eigenvalue weighted by atomic mass is 16.3. The number of azide groups is 1. The van der Waals surface area contributed by atoms with E-state index in [4.69, 9.17) is 5.53 Å². The van der Waals surface area contributed by atoms with E-state index in [-0.39, 0.29) is 12.1 Å². The van der Waals surface area contributed by atoms with Gasteiger partial charge in [0.1, 0.15) is 0 Å². The van der Waals surface area contributed by atoms with Crippen molar-refractivity contribution in [2.75, 3.05) is 0 Å². The van der Waals surface area contributed by atoms with Crippen molar-refractivity contribution in [1.82, 2.24) is 4.57 Å². The van der Waals surface area contributed by atoms with Crippen LogP contribution in [0.5, 0.6) is 0 Å². The first-order valence-corrected chi connectivity index (χ1v) is 6.78. The molecule has 106 valence electrons. The van der Waals surface area contributed by atoms with Crippen LogP contribution in [0.4, 0.5) is 0 Å². The van der Waals surface area contributed by atoms with E-state index in [9.17, 15) is 9.70 Å². The number of aromatic nitrogens is 1. The van der Waals surface area contributed by atoms with Crippen LogP contribution in [0.1, 0.15) is 59.9 Å². The van der Waals surface area contributed by atoms with Crippen LogP contribution >= 0.6 is 0 Å². The van der Waals surface area contributed by atoms with Gasteiger partial charge in [-0.05, 0) is 31.4 Å². The van der Waals surface area contributed by atoms with E-state index < -0.39 is 5.91 Å². The van der Waals surface area contributed by atoms with Crippen molar-refractivity contribution in [2.45, 2.75) is 51.6 Å². The molecule has 0 aromatic carbocycles. The maximum Gasteiger partial charge on any atom is 0.318 e. The van der Waals surface area contributed by atoms with Crippen LogP contribution in [0.25, 0.3) is 10.4 Å². The third kappa shape index (κ3) is 2.72. The highest BCUT2D eigenvalue weighted by molar-refractivity contribution is 5.96. The lowest BCUT2D eigenvalue weighted by Crippen LogP contribution is -2.17. The molecule has 0 radical (unpaired) electrons. The predicted molar refractivity (Wildman–Crippen MR) is 74.3 cm³/mol. The van der Waals surface area contributed by atoms with Gasteiger partial charge in [-0.25, -0.2) is 0 Å². The molecule has 1 aromatic heterocycles. The molecule has 1 amide bonds. The fourth-order valence-corrected chi connectivity index (χ4v) is 3.05. The molecular formula is C13H17N5O2. The number of nitrogens with zero attached hydrogens (tertiary/aromatic N) is 5. The van der Waals surface area contributed by atoms with Gasteiger partial charge < -0.3 is 4.57 Å². The zero-order chi connectivity index (χ0) is 14.5. The topological polar surface area (TPSA) is 100 Å². The SMILES string of the molecule is Cc1cc(C(=O)N=O)c(CN=[N+]=[N-])n1C1CCCCC1. The molecule has 1 fully saturated rings. The summed E-state index contributed by atoms with van der Waals surface area (Å²) in [5.74, 6) is -0.800. The van der Waals surface area contributed by atoms with Gasteiger partial charge in [0, 0.05) is 27.5 Å². The molecule has 1 heterocycles. The van der Waals surface area contributed by atoms with Crippen molar-refractivity contribution >= 4 is 5.91 Å². The van der Waals surface area contributed by atoms with Crippen LogP contribution in [0.3, 0.4) is 0 Å². The van der Waals surface area contributed by atoms with Crippen LogP contribution in [0.2, 0.25) is 0 Å². The fourth-order valence-electron chi connectivity index (χ4n) is 3.05. The lowest BCUT2D eigenvalue weighted by molar-refractivity contribution is 0.0999. The molecule has 1 aliphatic carbocycles. The van der Waals surface area contributed by atoms with Gasteiger partial charge in [0.15, 0.2) is 0 Å². The average Bonchev–Trinajstić information content (AvgIpc) is 2.81. The van der Waals surface area contributed by atoms with Crippen molar-refractivity contribution < 1.29 is 4.79 Å². The predicted octanol–water partition coefficient (Wildman–Crippen LogP) is 4.02. The fraction of sp³-hybridized carbons (Fsp3) is 0.615. The van der Waals surface area contributed by atoms with Gasteiger partial charge in [-0.3, -0.25) is 4.79 Å². The van der Waals surface area contributed by atoms with Crippen molar-refractivity contribution in [3.8, 4) is 0 Å². The minimum Gasteiger partial charge on any atom is -0.345 e. The number of hydrogen-bond donors (Lipinski definition) is 0. The van der Waals surface area contributed by atoms with E-state index in [2.05, 4.69) is 15.2 Å². The first kappa shape index (κ1) is 14.3. The Hall–Kier alpha value is -2.14. The Morgan fingerprint density at radius 2 is 2.15 bits per heavy atom. The molecule has 1 aromatic rings. The van der Waals surface area contributed by atoms with E-state index >= 15 is 0 Å². The van der Waals surface area contributed by atoms with Gasteiger partial charge in [0.05, 0.1) is 12.1 Å². The van der Waals surface area contributed by atoms with Crippen LogP contribution in [0, 0.1) is 11.8 Å². The second-order valence-electron chi connectivity index (χ2n) is 5.09. The molecule has 1 aliphatic rings. The molecule has 2 rings (SSSR count). The molecule has 20 heavy (non-hydrogen) atoms. The molecule has 0 spiro atoms. The third-order valence-electron chi connectivity index (χ3n) is 3.87. The minimum atomic E-state index is -0.800. The Labute approximate surface area is 116 Å². The van der Waals surface area contributed by atoms with Crippen molar-refractivity contribution in [2.24, 2.45) is 10.3 Å². The average molecular weight is 275 g/mol. The number of nitroso groups, excluding NO2 is 1. The molecule has 1 saturated carbocycles. The number of carbonyl (C=O) groups is 1. The van der Waals surface area contributed by atoms with E-state index in [1.165, 1.54) is 6.42 Å². The maximum atomic E-state index is 11.6. The Balaban J connectivity index is 2.47. The van der Waals surface area contributed by atoms with E-state index in [1.807, 2.05) is 11.5 Å². The zero-order valence-corrected chi connectivity index (χ0v) is 11.4. The monoisotopic (exact) mass is 275 g/mol. The van der Waals surface area contributed by atoms with Crippen LogP contribution in [0.15, 0.2) is 16.4 Å². The molecular weight excluding hydrogens is 258 g/mol. The molecule has 0 unspecified atom stereocenters. The Bertz CT molecular complexity index is 566. The second kappa shape index (κ2) is 6.34. The first-order valence-electron chi connectivity index (χ1n) is 6.78. The quantitative estimate of drug-likeness (QED) is 0.358. The van der Waals surface area contributed by atoms with Crippen LogP contribution in [-0.4, -0.2) is 10.5 Å². The van der Waals surface area contributed by atoms with E-state index in [1.54, 1.807) is 6.07 Å². The van der Waals surface area contributed by atoms with Crippen LogP contribution in [-0.2, 0) is 6.54 Å². The number of carbonyl (C=O) groups excluding carboxylic acids is 1. The summed E-state index contributed by atoms with van der Waals surface area (Å²) in [5.41, 5.74) is 10.3. The van der Waals surface area contributed by atoms with Gasteiger partial charge >= 0.3 is 5.91 Å². The standard InChI is InChI=1S/C13H17N5O2/c1-9-7-11(13(19)16-20)12(8-15-17-14)18(9)10-5-3-2-4-6-10/h7,10H,2-6,8H2,1H3. The number of amides is 1. The van der Waals surface area contributed by atoms with Gasteiger partial charge in [-0.2, -0.15) is 0 Å². The smallest absolute Gasteiger partial charge is 0.318 e. The molecule has 0 bridgehead atoms. The Kier molecular flexibility index (Phi) is 4.53. The number of aryl methyl sites for hydroxylation is 1. The lowest BCUT2D eigenvalue weighted by Gasteiger charge is -2.27. The van der Waals surface area contributed by atoms with Gasteiger partial charge in [0.25, 0.3) is 0 Å². The summed E-state index contributed by atoms with van der Waals surface area (Å²) in [7, 11) is 0. The molecule has 0 aliphatic heterocycles. The molecule has 7 nitrogen and oxygen atoms in total. The summed E-state index contributed by atoms with van der Waals surface area (Å²) in [4.78, 5) is 24.9. The number of hydrogen-bond acceptors (Lipinski definition) is 3. The summed E-state index contributed by atoms with van der Waals surface area (Å²) < 4.78 is 2.05. The summed E-state index contributed by atoms with van der Waals surface area (Å²) >= 11 is 0. The van der Waals surface area contributed by atoms with Gasteiger partial charge in [0.2, 0.25) is 0 Å². The minimum absolute atomic E-state index is 0.0669. The van der Waals surface area contributed by atoms with E-state index in [0.29, 0.717) is 11.7 Å². The van der Waals surface area contributed by atoms with Crippen molar-refractivity contribution in [3.63, 3.8) is 0 Å². The molecule has 0 N–H and O–H groups in total. The molecule has 0 atom stereocenters. The number of rotatable bonds is 4. The second-order valence-corrected chi connectivity index (χ2v) is 5.09. The van der Waals surface area contributed by atoms with Gasteiger partial charge in [-0.15, -0.1) is 4.91 Å². The van der Waals surface area contributed by atoms with Crippen LogP contribution < -0.4 is 0 Å². The summed E-state index contributed by atoms with van der Waals surface area (Å²) in [5, 5.41) is 6.04. The zero-order valence-electron chi connectivity index (χ0n) is 11.4. The summed E-state index contributed by atoms with van der Waals surface area (Å²) in [6, 6.07) is 1.97. The molecule has 0 saturated heterocycles. The van der Waals surface area contributed by atoms with Crippen molar-refractivity contribution in [3.05, 3.63) is 38.4 Å². The summed E-state index contributed by atoms with van der Waals surface area (Å²) in [6.45, 7) is 1.97. The largest absolute Gasteiger partial charge is 0.345 e. The lowest BCUT2D eigenvalue weighted by atomic mass is 9.95. The highest BCUT2D eigenvalue weighted by Crippen LogP contribution is 2.33. The van der Waals surface area contributed by atoms with Gasteiger partial charge in [-0.1, -0.05) is 24.4 Å². The maximum absolute atomic E-state index is 11.6. The summed E-state index contributed by atoms with van der Waals surface area (Å²) in [6.07, 6.45) is 5.61. The van der Waals surface area contributed by atoms with Crippen molar-refractivity contribution in [1.29, 1.82) is 0 Å². The Morgan fingerprint density at radius 1 is 1.45 bits per heavy atom. The molecule has 7 heteroatoms. The highest BCUT2D eigenvalue weighted by Gasteiger charge is 2.24. The first-order chi connectivity index (χ1) is 9.69.